The Bertz CT molecular complexity index is 318. The molecule has 2 N–H and O–H groups in total. The van der Waals surface area contributed by atoms with Crippen molar-refractivity contribution >= 4 is 27.3 Å². The lowest BCUT2D eigenvalue weighted by atomic mass is 10.1. The summed E-state index contributed by atoms with van der Waals surface area (Å²) in [6.07, 6.45) is 0. The molecule has 0 bridgehead atoms. The van der Waals surface area contributed by atoms with Gasteiger partial charge in [0.05, 0.1) is 5.69 Å². The van der Waals surface area contributed by atoms with Crippen molar-refractivity contribution < 1.29 is 0 Å². The Kier molecular flexibility index (Phi) is 2.87. The van der Waals surface area contributed by atoms with Gasteiger partial charge in [-0.1, -0.05) is 12.1 Å². The monoisotopic (exact) mass is 226 g/mol. The largest absolute Gasteiger partial charge is 0.397 e. The molecule has 0 fully saturated rings. The molecule has 12 heavy (non-hydrogen) atoms. The highest BCUT2D eigenvalue weighted by molar-refractivity contribution is 9.10. The van der Waals surface area contributed by atoms with E-state index in [1.54, 1.807) is 7.05 Å². The third kappa shape index (κ3) is 1.67. The molecule has 64 valence electrons. The second-order valence-electron chi connectivity index (χ2n) is 2.51. The molecule has 3 heteroatoms. The molecule has 0 spiro atoms. The van der Waals surface area contributed by atoms with Crippen LogP contribution in [0.5, 0.6) is 0 Å². The Balaban J connectivity index is 3.26. The first kappa shape index (κ1) is 9.26. The normalized spacial score (nSPS) is 11.8. The van der Waals surface area contributed by atoms with Crippen LogP contribution < -0.4 is 5.73 Å². The maximum absolute atomic E-state index is 5.83. The number of hydrogen-bond acceptors (Lipinski definition) is 2. The molecule has 0 radical (unpaired) electrons. The van der Waals surface area contributed by atoms with E-state index in [4.69, 9.17) is 5.73 Å². The molecule has 0 saturated heterocycles. The van der Waals surface area contributed by atoms with E-state index in [0.29, 0.717) is 0 Å². The number of benzene rings is 1. The predicted octanol–water partition coefficient (Wildman–Crippen LogP) is 2.47. The van der Waals surface area contributed by atoms with Gasteiger partial charge in [0.25, 0.3) is 0 Å². The van der Waals surface area contributed by atoms with E-state index in [1.165, 1.54) is 0 Å². The molecule has 2 nitrogen and oxygen atoms in total. The Morgan fingerprint density at radius 3 is 2.75 bits per heavy atom. The number of aliphatic imine (C=N–C) groups is 1. The van der Waals surface area contributed by atoms with Gasteiger partial charge in [0.1, 0.15) is 0 Å². The van der Waals surface area contributed by atoms with Crippen LogP contribution in [0.1, 0.15) is 12.5 Å². The van der Waals surface area contributed by atoms with Crippen LogP contribution in [0.15, 0.2) is 27.7 Å². The van der Waals surface area contributed by atoms with Gasteiger partial charge >= 0.3 is 0 Å². The first-order chi connectivity index (χ1) is 5.66. The van der Waals surface area contributed by atoms with Crippen LogP contribution in [0.25, 0.3) is 0 Å². The second kappa shape index (κ2) is 3.72. The fourth-order valence-electron chi connectivity index (χ4n) is 0.973. The van der Waals surface area contributed by atoms with Gasteiger partial charge < -0.3 is 5.73 Å². The van der Waals surface area contributed by atoms with Crippen LogP contribution in [-0.4, -0.2) is 12.8 Å². The number of halogens is 1. The van der Waals surface area contributed by atoms with E-state index in [2.05, 4.69) is 20.9 Å². The Labute approximate surface area is 80.6 Å². The summed E-state index contributed by atoms with van der Waals surface area (Å²) in [7, 11) is 1.76. The van der Waals surface area contributed by atoms with Crippen LogP contribution in [0.4, 0.5) is 5.69 Å². The minimum atomic E-state index is 0.751. The summed E-state index contributed by atoms with van der Waals surface area (Å²) < 4.78 is 0.919. The van der Waals surface area contributed by atoms with E-state index in [1.807, 2.05) is 25.1 Å². The number of hydrogen-bond donors (Lipinski definition) is 1. The molecule has 0 aliphatic carbocycles. The standard InChI is InChI=1S/C9H11BrN2/c1-6(12-2)7-4-3-5-8(10)9(7)11/h3-5H,11H2,1-2H3. The summed E-state index contributed by atoms with van der Waals surface area (Å²) >= 11 is 3.36. The Morgan fingerprint density at radius 2 is 2.17 bits per heavy atom. The Hall–Kier alpha value is -0.830. The average Bonchev–Trinajstić information content (AvgIpc) is 2.08. The molecule has 0 saturated carbocycles. The summed E-state index contributed by atoms with van der Waals surface area (Å²) in [5.74, 6) is 0. The highest BCUT2D eigenvalue weighted by atomic mass is 79.9. The lowest BCUT2D eigenvalue weighted by molar-refractivity contribution is 1.41. The van der Waals surface area contributed by atoms with Crippen LogP contribution in [0, 0.1) is 0 Å². The maximum atomic E-state index is 5.83. The van der Waals surface area contributed by atoms with Crippen molar-refractivity contribution in [3.63, 3.8) is 0 Å². The first-order valence-electron chi connectivity index (χ1n) is 3.64. The summed E-state index contributed by atoms with van der Waals surface area (Å²) in [5.41, 5.74) is 8.53. The molecule has 1 aromatic carbocycles. The minimum Gasteiger partial charge on any atom is -0.397 e. The molecular weight excluding hydrogens is 216 g/mol. The second-order valence-corrected chi connectivity index (χ2v) is 3.36. The van der Waals surface area contributed by atoms with E-state index in [0.717, 1.165) is 21.4 Å². The average molecular weight is 227 g/mol. The molecule has 0 aliphatic heterocycles. The third-order valence-corrected chi connectivity index (χ3v) is 2.47. The summed E-state index contributed by atoms with van der Waals surface area (Å²) in [5, 5.41) is 0. The fourth-order valence-corrected chi connectivity index (χ4v) is 1.34. The molecule has 1 rings (SSSR count). The fraction of sp³-hybridized carbons (Fsp3) is 0.222. The van der Waals surface area contributed by atoms with Crippen molar-refractivity contribution in [1.29, 1.82) is 0 Å². The number of para-hydroxylation sites is 1. The van der Waals surface area contributed by atoms with Crippen molar-refractivity contribution in [2.45, 2.75) is 6.92 Å². The Morgan fingerprint density at radius 1 is 1.50 bits per heavy atom. The summed E-state index contributed by atoms with van der Waals surface area (Å²) in [6, 6.07) is 5.83. The van der Waals surface area contributed by atoms with Gasteiger partial charge in [-0.2, -0.15) is 0 Å². The van der Waals surface area contributed by atoms with E-state index in [-0.39, 0.29) is 0 Å². The number of nitrogens with zero attached hydrogens (tertiary/aromatic N) is 1. The summed E-state index contributed by atoms with van der Waals surface area (Å²) in [6.45, 7) is 1.94. The quantitative estimate of drug-likeness (QED) is 0.580. The molecule has 0 unspecified atom stereocenters. The van der Waals surface area contributed by atoms with E-state index in [9.17, 15) is 0 Å². The van der Waals surface area contributed by atoms with Gasteiger partial charge in [0.15, 0.2) is 0 Å². The van der Waals surface area contributed by atoms with Crippen LogP contribution in [0.2, 0.25) is 0 Å². The van der Waals surface area contributed by atoms with Crippen molar-refractivity contribution in [3.05, 3.63) is 28.2 Å². The van der Waals surface area contributed by atoms with E-state index < -0.39 is 0 Å². The van der Waals surface area contributed by atoms with Gasteiger partial charge in [-0.3, -0.25) is 4.99 Å². The van der Waals surface area contributed by atoms with Crippen LogP contribution in [0.3, 0.4) is 0 Å². The van der Waals surface area contributed by atoms with Crippen LogP contribution in [-0.2, 0) is 0 Å². The van der Waals surface area contributed by atoms with Gasteiger partial charge in [0.2, 0.25) is 0 Å². The zero-order chi connectivity index (χ0) is 9.14. The number of nitrogens with two attached hydrogens (primary N) is 1. The van der Waals surface area contributed by atoms with Gasteiger partial charge in [-0.15, -0.1) is 0 Å². The first-order valence-corrected chi connectivity index (χ1v) is 4.44. The van der Waals surface area contributed by atoms with Crippen molar-refractivity contribution in [2.75, 3.05) is 12.8 Å². The smallest absolute Gasteiger partial charge is 0.0550 e. The number of nitrogen functional groups attached to an aromatic ring is 1. The van der Waals surface area contributed by atoms with E-state index >= 15 is 0 Å². The zero-order valence-corrected chi connectivity index (χ0v) is 8.72. The number of anilines is 1. The zero-order valence-electron chi connectivity index (χ0n) is 7.13. The van der Waals surface area contributed by atoms with Crippen molar-refractivity contribution in [2.24, 2.45) is 4.99 Å². The number of rotatable bonds is 1. The molecule has 1 aromatic rings. The summed E-state index contributed by atoms with van der Waals surface area (Å²) in [4.78, 5) is 4.08. The topological polar surface area (TPSA) is 38.4 Å². The lowest BCUT2D eigenvalue weighted by Gasteiger charge is -2.05. The maximum Gasteiger partial charge on any atom is 0.0550 e. The molecule has 0 amide bonds. The van der Waals surface area contributed by atoms with Gasteiger partial charge in [-0.05, 0) is 28.9 Å². The minimum absolute atomic E-state index is 0.751. The molecule has 0 heterocycles. The molecular formula is C9H11BrN2. The highest BCUT2D eigenvalue weighted by Crippen LogP contribution is 2.23. The predicted molar refractivity (Wildman–Crippen MR) is 56.7 cm³/mol. The van der Waals surface area contributed by atoms with Crippen molar-refractivity contribution in [3.8, 4) is 0 Å². The van der Waals surface area contributed by atoms with Crippen LogP contribution >= 0.6 is 15.9 Å². The highest BCUT2D eigenvalue weighted by Gasteiger charge is 2.03. The molecule has 0 aromatic heterocycles. The third-order valence-electron chi connectivity index (χ3n) is 1.78. The lowest BCUT2D eigenvalue weighted by Crippen LogP contribution is -2.00. The SMILES string of the molecule is CN=C(C)c1cccc(Br)c1N. The molecule has 0 aliphatic rings. The molecule has 0 atom stereocenters. The van der Waals surface area contributed by atoms with Gasteiger partial charge in [-0.25, -0.2) is 0 Å². The van der Waals surface area contributed by atoms with Gasteiger partial charge in [0, 0.05) is 22.8 Å². The van der Waals surface area contributed by atoms with Crippen molar-refractivity contribution in [1.82, 2.24) is 0 Å².